The molecule has 0 aliphatic carbocycles. The molecular weight excluding hydrogens is 300 g/mol. The van der Waals surface area contributed by atoms with Crippen LogP contribution in [0.1, 0.15) is 11.6 Å². The Kier molecular flexibility index (Phi) is 3.84. The van der Waals surface area contributed by atoms with Crippen molar-refractivity contribution in [2.45, 2.75) is 6.04 Å². The van der Waals surface area contributed by atoms with Gasteiger partial charge in [0, 0.05) is 18.1 Å². The van der Waals surface area contributed by atoms with E-state index in [9.17, 15) is 4.79 Å². The molecule has 1 aliphatic heterocycles. The smallest absolute Gasteiger partial charge is 0.310 e. The molecule has 1 aliphatic rings. The Morgan fingerprint density at radius 1 is 1.08 bits per heavy atom. The van der Waals surface area contributed by atoms with Gasteiger partial charge in [0.2, 0.25) is 0 Å². The van der Waals surface area contributed by atoms with E-state index < -0.39 is 0 Å². The van der Waals surface area contributed by atoms with Gasteiger partial charge >= 0.3 is 6.03 Å². The Morgan fingerprint density at radius 2 is 1.88 bits per heavy atom. The normalized spacial score (nSPS) is 17.2. The zero-order chi connectivity index (χ0) is 16.4. The van der Waals surface area contributed by atoms with Gasteiger partial charge in [0.05, 0.1) is 23.9 Å². The highest BCUT2D eigenvalue weighted by Crippen LogP contribution is 2.23. The first-order valence-electron chi connectivity index (χ1n) is 7.99. The number of fused-ring (bicyclic) bond motifs is 1. The zero-order valence-corrected chi connectivity index (χ0v) is 13.1. The van der Waals surface area contributed by atoms with Crippen molar-refractivity contribution >= 4 is 22.6 Å². The summed E-state index contributed by atoms with van der Waals surface area (Å²) in [5.41, 5.74) is 2.85. The predicted octanol–water partition coefficient (Wildman–Crippen LogP) is 3.37. The number of carbonyl (C=O) groups is 1. The second-order valence-corrected chi connectivity index (χ2v) is 5.85. The minimum atomic E-state index is -0.0997. The van der Waals surface area contributed by atoms with E-state index in [2.05, 4.69) is 27.8 Å². The molecule has 5 heteroatoms. The number of hydrogen-bond donors (Lipinski definition) is 2. The number of anilines is 1. The summed E-state index contributed by atoms with van der Waals surface area (Å²) < 4.78 is 0. The summed E-state index contributed by atoms with van der Waals surface area (Å²) in [6.45, 7) is 1.19. The van der Waals surface area contributed by atoms with E-state index >= 15 is 0 Å². The largest absolute Gasteiger partial charge is 0.322 e. The molecule has 2 heterocycles. The summed E-state index contributed by atoms with van der Waals surface area (Å²) in [6, 6.07) is 19.9. The minimum absolute atomic E-state index is 0.0997. The van der Waals surface area contributed by atoms with Gasteiger partial charge in [0.25, 0.3) is 0 Å². The summed E-state index contributed by atoms with van der Waals surface area (Å²) in [6.07, 6.45) is 1.72. The first-order valence-corrected chi connectivity index (χ1v) is 7.99. The van der Waals surface area contributed by atoms with Crippen LogP contribution in [0.25, 0.3) is 10.9 Å². The van der Waals surface area contributed by atoms with Gasteiger partial charge in [-0.2, -0.15) is 0 Å². The lowest BCUT2D eigenvalue weighted by atomic mass is 10.1. The third kappa shape index (κ3) is 2.81. The van der Waals surface area contributed by atoms with Crippen LogP contribution in [-0.2, 0) is 0 Å². The van der Waals surface area contributed by atoms with Crippen LogP contribution in [0.5, 0.6) is 0 Å². The van der Waals surface area contributed by atoms with Crippen LogP contribution in [0.4, 0.5) is 10.5 Å². The van der Waals surface area contributed by atoms with E-state index in [-0.39, 0.29) is 12.1 Å². The van der Waals surface area contributed by atoms with Crippen LogP contribution in [0.3, 0.4) is 0 Å². The molecule has 0 saturated carbocycles. The molecule has 1 fully saturated rings. The second kappa shape index (κ2) is 6.29. The van der Waals surface area contributed by atoms with Crippen LogP contribution in [0.15, 0.2) is 66.9 Å². The number of urea groups is 1. The first kappa shape index (κ1) is 14.7. The maximum Gasteiger partial charge on any atom is 0.322 e. The molecule has 120 valence electrons. The molecule has 1 atom stereocenters. The van der Waals surface area contributed by atoms with E-state index in [0.717, 1.165) is 16.6 Å². The standard InChI is InChI=1S/C19H18N4O/c24-19(22-17-10-11-20-16-9-5-4-8-15(16)17)23-12-18(21-13-23)14-6-2-1-3-7-14/h1-11,18,21H,12-13H2,(H,20,22,24)/t18-/m1/s1. The molecule has 1 saturated heterocycles. The molecule has 5 nitrogen and oxygen atoms in total. The van der Waals surface area contributed by atoms with Crippen molar-refractivity contribution < 1.29 is 4.79 Å². The van der Waals surface area contributed by atoms with Gasteiger partial charge in [0.1, 0.15) is 0 Å². The van der Waals surface area contributed by atoms with Crippen LogP contribution in [-0.4, -0.2) is 29.1 Å². The Balaban J connectivity index is 1.49. The van der Waals surface area contributed by atoms with Gasteiger partial charge in [-0.1, -0.05) is 48.5 Å². The number of pyridine rings is 1. The average Bonchev–Trinajstić information content (AvgIpc) is 3.13. The maximum absolute atomic E-state index is 12.6. The molecular formula is C19H18N4O. The van der Waals surface area contributed by atoms with E-state index in [1.54, 1.807) is 11.1 Å². The van der Waals surface area contributed by atoms with Crippen molar-refractivity contribution in [3.63, 3.8) is 0 Å². The molecule has 2 aromatic carbocycles. The van der Waals surface area contributed by atoms with E-state index in [1.807, 2.05) is 48.5 Å². The summed E-state index contributed by atoms with van der Waals surface area (Å²) >= 11 is 0. The number of nitrogens with one attached hydrogen (secondary N) is 2. The summed E-state index contributed by atoms with van der Waals surface area (Å²) in [5, 5.41) is 7.33. The lowest BCUT2D eigenvalue weighted by Crippen LogP contribution is -2.33. The number of amides is 2. The third-order valence-corrected chi connectivity index (χ3v) is 4.31. The highest BCUT2D eigenvalue weighted by Gasteiger charge is 2.26. The van der Waals surface area contributed by atoms with Crippen molar-refractivity contribution in [2.24, 2.45) is 0 Å². The number of aromatic nitrogens is 1. The third-order valence-electron chi connectivity index (χ3n) is 4.31. The fraction of sp³-hybridized carbons (Fsp3) is 0.158. The predicted molar refractivity (Wildman–Crippen MR) is 94.7 cm³/mol. The number of carbonyl (C=O) groups excluding carboxylic acids is 1. The monoisotopic (exact) mass is 318 g/mol. The van der Waals surface area contributed by atoms with Crippen molar-refractivity contribution in [2.75, 3.05) is 18.5 Å². The van der Waals surface area contributed by atoms with Crippen LogP contribution >= 0.6 is 0 Å². The summed E-state index contributed by atoms with van der Waals surface area (Å²) in [7, 11) is 0. The van der Waals surface area contributed by atoms with Gasteiger partial charge in [-0.05, 0) is 17.7 Å². The fourth-order valence-electron chi connectivity index (χ4n) is 3.03. The quantitative estimate of drug-likeness (QED) is 0.761. The highest BCUT2D eigenvalue weighted by molar-refractivity contribution is 6.00. The van der Waals surface area contributed by atoms with Crippen molar-refractivity contribution in [3.05, 3.63) is 72.4 Å². The van der Waals surface area contributed by atoms with Gasteiger partial charge < -0.3 is 10.2 Å². The Labute approximate surface area is 140 Å². The summed E-state index contributed by atoms with van der Waals surface area (Å²) in [4.78, 5) is 18.7. The SMILES string of the molecule is O=C(Nc1ccnc2ccccc12)N1CN[C@@H](c2ccccc2)C1. The van der Waals surface area contributed by atoms with Crippen molar-refractivity contribution in [3.8, 4) is 0 Å². The van der Waals surface area contributed by atoms with Gasteiger partial charge in [0.15, 0.2) is 0 Å². The second-order valence-electron chi connectivity index (χ2n) is 5.85. The van der Waals surface area contributed by atoms with E-state index in [4.69, 9.17) is 0 Å². The van der Waals surface area contributed by atoms with Crippen molar-refractivity contribution in [1.29, 1.82) is 0 Å². The van der Waals surface area contributed by atoms with E-state index in [1.165, 1.54) is 5.56 Å². The number of benzene rings is 2. The minimum Gasteiger partial charge on any atom is -0.310 e. The molecule has 2 amide bonds. The van der Waals surface area contributed by atoms with Gasteiger partial charge in [-0.15, -0.1) is 0 Å². The van der Waals surface area contributed by atoms with E-state index in [0.29, 0.717) is 13.2 Å². The van der Waals surface area contributed by atoms with Crippen molar-refractivity contribution in [1.82, 2.24) is 15.2 Å². The molecule has 4 rings (SSSR count). The zero-order valence-electron chi connectivity index (χ0n) is 13.1. The molecule has 0 spiro atoms. The Morgan fingerprint density at radius 3 is 2.75 bits per heavy atom. The molecule has 24 heavy (non-hydrogen) atoms. The number of nitrogens with zero attached hydrogens (tertiary/aromatic N) is 2. The van der Waals surface area contributed by atoms with Crippen LogP contribution < -0.4 is 10.6 Å². The number of para-hydroxylation sites is 1. The summed E-state index contributed by atoms with van der Waals surface area (Å²) in [5.74, 6) is 0. The molecule has 0 radical (unpaired) electrons. The lowest BCUT2D eigenvalue weighted by Gasteiger charge is -2.17. The molecule has 3 aromatic rings. The highest BCUT2D eigenvalue weighted by atomic mass is 16.2. The number of hydrogen-bond acceptors (Lipinski definition) is 3. The Bertz CT molecular complexity index is 860. The average molecular weight is 318 g/mol. The molecule has 0 bridgehead atoms. The molecule has 2 N–H and O–H groups in total. The maximum atomic E-state index is 12.6. The Hall–Kier alpha value is -2.92. The number of rotatable bonds is 2. The van der Waals surface area contributed by atoms with Gasteiger partial charge in [-0.25, -0.2) is 4.79 Å². The van der Waals surface area contributed by atoms with Crippen LogP contribution in [0, 0.1) is 0 Å². The van der Waals surface area contributed by atoms with Crippen LogP contribution in [0.2, 0.25) is 0 Å². The van der Waals surface area contributed by atoms with Gasteiger partial charge in [-0.3, -0.25) is 10.3 Å². The lowest BCUT2D eigenvalue weighted by molar-refractivity contribution is 0.221. The first-order chi connectivity index (χ1) is 11.8. The fourth-order valence-corrected chi connectivity index (χ4v) is 3.03. The topological polar surface area (TPSA) is 57.3 Å². The molecule has 0 unspecified atom stereocenters. The molecule has 1 aromatic heterocycles.